The number of rotatable bonds is 8. The molecule has 1 heterocycles. The zero-order chi connectivity index (χ0) is 32.5. The molecule has 0 aliphatic rings. The van der Waals surface area contributed by atoms with Gasteiger partial charge in [-0.2, -0.15) is 26.3 Å². The van der Waals surface area contributed by atoms with Crippen LogP contribution in [0.4, 0.5) is 45.2 Å². The molecule has 2 amide bonds. The second-order valence-corrected chi connectivity index (χ2v) is 8.08. The highest BCUT2D eigenvalue weighted by molar-refractivity contribution is 6.07. The van der Waals surface area contributed by atoms with Crippen molar-refractivity contribution in [2.75, 3.05) is 5.32 Å². The number of hydrogen-bond acceptors (Lipinski definition) is 9. The fourth-order valence-corrected chi connectivity index (χ4v) is 3.24. The number of primary amides is 1. The maximum Gasteiger partial charge on any atom is 0.573 e. The van der Waals surface area contributed by atoms with Crippen molar-refractivity contribution in [3.8, 4) is 23.0 Å². The molecule has 1 aromatic heterocycles. The summed E-state index contributed by atoms with van der Waals surface area (Å²) < 4.78 is 133. The number of aliphatic hydroxyl groups is 3. The number of halogens is 9. The van der Waals surface area contributed by atoms with Crippen LogP contribution in [0.5, 0.6) is 23.0 Å². The number of carbonyl (C=O) groups is 2. The van der Waals surface area contributed by atoms with Gasteiger partial charge in [-0.15, -0.1) is 13.2 Å². The molecule has 0 fully saturated rings. The minimum absolute atomic E-state index is 0.0768. The number of alkyl halides is 9. The van der Waals surface area contributed by atoms with Gasteiger partial charge in [0.15, 0.2) is 11.5 Å². The molecule has 3 rings (SSSR count). The number of nitrogens with two attached hydrogens (primary N) is 1. The Hall–Kier alpha value is -4.82. The Morgan fingerprint density at radius 3 is 1.93 bits per heavy atom. The molecular weight excluding hydrogens is 617 g/mol. The lowest BCUT2D eigenvalue weighted by Crippen LogP contribution is -2.34. The molecule has 11 nitrogen and oxygen atoms in total. The number of pyridine rings is 1. The first kappa shape index (κ1) is 32.7. The van der Waals surface area contributed by atoms with Crippen molar-refractivity contribution in [3.05, 3.63) is 71.0 Å². The third-order valence-electron chi connectivity index (χ3n) is 4.85. The van der Waals surface area contributed by atoms with Gasteiger partial charge in [0.1, 0.15) is 17.2 Å². The van der Waals surface area contributed by atoms with Crippen LogP contribution in [0.15, 0.2) is 48.7 Å². The van der Waals surface area contributed by atoms with Gasteiger partial charge < -0.3 is 40.6 Å². The Morgan fingerprint density at radius 2 is 1.44 bits per heavy atom. The van der Waals surface area contributed by atoms with Crippen molar-refractivity contribution < 1.29 is 78.6 Å². The van der Waals surface area contributed by atoms with Crippen LogP contribution in [0.2, 0.25) is 0 Å². The first-order valence-electron chi connectivity index (χ1n) is 10.9. The highest BCUT2D eigenvalue weighted by atomic mass is 19.4. The van der Waals surface area contributed by atoms with E-state index in [-0.39, 0.29) is 23.5 Å². The summed E-state index contributed by atoms with van der Waals surface area (Å²) in [6.07, 6.45) is -19.9. The fraction of sp³-hybridized carbons (Fsp3) is 0.174. The highest BCUT2D eigenvalue weighted by Gasteiger charge is 2.42. The molecular formula is C23H14F9N3O8. The third kappa shape index (κ3) is 8.83. The minimum Gasteiger partial charge on any atom is -0.453 e. The Bertz CT molecular complexity index is 1520. The van der Waals surface area contributed by atoms with Gasteiger partial charge in [0.25, 0.3) is 11.8 Å². The Labute approximate surface area is 231 Å². The van der Waals surface area contributed by atoms with E-state index in [2.05, 4.69) is 14.5 Å². The number of anilines is 1. The Balaban J connectivity index is 2.22. The predicted molar refractivity (Wildman–Crippen MR) is 120 cm³/mol. The van der Waals surface area contributed by atoms with Gasteiger partial charge in [-0.1, -0.05) is 0 Å². The molecule has 0 unspecified atom stereocenters. The van der Waals surface area contributed by atoms with Crippen LogP contribution in [0.1, 0.15) is 32.0 Å². The topological polar surface area (TPSA) is 173 Å². The van der Waals surface area contributed by atoms with E-state index in [9.17, 15) is 49.1 Å². The Kier molecular flexibility index (Phi) is 8.71. The summed E-state index contributed by atoms with van der Waals surface area (Å²) >= 11 is 0. The van der Waals surface area contributed by atoms with Gasteiger partial charge in [-0.25, -0.2) is 4.98 Å². The first-order chi connectivity index (χ1) is 19.5. The van der Waals surface area contributed by atoms with Crippen molar-refractivity contribution in [1.82, 2.24) is 4.98 Å². The van der Waals surface area contributed by atoms with E-state index in [0.29, 0.717) is 12.1 Å². The van der Waals surface area contributed by atoms with E-state index in [0.717, 1.165) is 18.3 Å². The van der Waals surface area contributed by atoms with Crippen LogP contribution in [-0.4, -0.2) is 44.6 Å². The molecule has 3 aromatic rings. The van der Waals surface area contributed by atoms with Crippen molar-refractivity contribution in [2.45, 2.75) is 24.9 Å². The van der Waals surface area contributed by atoms with Gasteiger partial charge in [0.2, 0.25) is 0 Å². The molecule has 20 heteroatoms. The van der Waals surface area contributed by atoms with Gasteiger partial charge >= 0.3 is 24.9 Å². The number of nitrogens with one attached hydrogen (secondary N) is 1. The lowest BCUT2D eigenvalue weighted by Gasteiger charge is -2.22. The van der Waals surface area contributed by atoms with Crippen LogP contribution in [0.25, 0.3) is 0 Å². The molecule has 0 spiro atoms. The number of nitrogens with zero attached hydrogens (tertiary/aromatic N) is 1. The summed E-state index contributed by atoms with van der Waals surface area (Å²) in [4.78, 5) is 27.7. The summed E-state index contributed by atoms with van der Waals surface area (Å²) in [6, 6.07) is 2.41. The van der Waals surface area contributed by atoms with E-state index >= 15 is 0 Å². The number of aromatic nitrogens is 1. The molecule has 0 saturated carbocycles. The molecule has 0 atom stereocenters. The van der Waals surface area contributed by atoms with Crippen molar-refractivity contribution in [2.24, 2.45) is 5.73 Å². The maximum atomic E-state index is 14.0. The monoisotopic (exact) mass is 631 g/mol. The van der Waals surface area contributed by atoms with E-state index in [1.807, 2.05) is 5.32 Å². The van der Waals surface area contributed by atoms with Crippen molar-refractivity contribution >= 4 is 17.5 Å². The van der Waals surface area contributed by atoms with Gasteiger partial charge in [0.05, 0.1) is 28.6 Å². The summed E-state index contributed by atoms with van der Waals surface area (Å²) in [7, 11) is 0. The average molecular weight is 631 g/mol. The normalized spacial score (nSPS) is 12.5. The van der Waals surface area contributed by atoms with Crippen LogP contribution in [0, 0.1) is 0 Å². The van der Waals surface area contributed by atoms with E-state index in [1.54, 1.807) is 0 Å². The number of hydrogen-bond donors (Lipinski definition) is 5. The molecule has 43 heavy (non-hydrogen) atoms. The van der Waals surface area contributed by atoms with E-state index < -0.39 is 82.4 Å². The SMILES string of the molecule is NC(=O)c1ccc(NC(=O)c2c(Oc3ccc(OC(F)(F)F)cc3OC(O)(O)O)cc(C(F)(F)F)cc2C(F)(F)F)cn1. The molecule has 2 aromatic carbocycles. The first-order valence-corrected chi connectivity index (χ1v) is 10.9. The highest BCUT2D eigenvalue weighted by Crippen LogP contribution is 2.45. The standard InChI is InChI=1S/C23H14F9N3O8/c24-20(25,26)9-5-12(21(27,28)29)17(19(37)35-10-1-3-13(18(33)36)34-8-10)16(6-9)41-14-4-2-11(42-22(30,31)32)7-15(14)43-23(38,39)40/h1-8,38-40H,(H2,33,36)(H,35,37). The number of benzene rings is 2. The number of ether oxygens (including phenoxy) is 3. The predicted octanol–water partition coefficient (Wildman–Crippen LogP) is 4.13. The quantitative estimate of drug-likeness (QED) is 0.181. The van der Waals surface area contributed by atoms with Crippen molar-refractivity contribution in [3.63, 3.8) is 0 Å². The number of amides is 2. The van der Waals surface area contributed by atoms with Crippen LogP contribution < -0.4 is 25.3 Å². The minimum atomic E-state index is -5.65. The van der Waals surface area contributed by atoms with Gasteiger partial charge in [-0.3, -0.25) is 9.59 Å². The summed E-state index contributed by atoms with van der Waals surface area (Å²) in [6.45, 7) is 0. The lowest BCUT2D eigenvalue weighted by atomic mass is 10.0. The van der Waals surface area contributed by atoms with E-state index in [1.165, 1.54) is 0 Å². The summed E-state index contributed by atoms with van der Waals surface area (Å²) in [5, 5.41) is 29.3. The molecule has 0 radical (unpaired) electrons. The molecule has 0 saturated heterocycles. The second kappa shape index (κ2) is 11.5. The second-order valence-electron chi connectivity index (χ2n) is 8.08. The van der Waals surface area contributed by atoms with E-state index in [4.69, 9.17) is 25.8 Å². The largest absolute Gasteiger partial charge is 0.573 e. The molecule has 6 N–H and O–H groups in total. The molecule has 0 aliphatic carbocycles. The van der Waals surface area contributed by atoms with Crippen LogP contribution >= 0.6 is 0 Å². The van der Waals surface area contributed by atoms with Gasteiger partial charge in [-0.05, 0) is 36.4 Å². The maximum absolute atomic E-state index is 14.0. The summed E-state index contributed by atoms with van der Waals surface area (Å²) in [5.74, 6) is -7.93. The Morgan fingerprint density at radius 1 is 0.791 bits per heavy atom. The molecule has 0 aliphatic heterocycles. The smallest absolute Gasteiger partial charge is 0.453 e. The molecule has 0 bridgehead atoms. The van der Waals surface area contributed by atoms with Crippen molar-refractivity contribution in [1.29, 1.82) is 0 Å². The number of carbonyl (C=O) groups excluding carboxylic acids is 2. The zero-order valence-corrected chi connectivity index (χ0v) is 20.4. The van der Waals surface area contributed by atoms with Crippen LogP contribution in [0.3, 0.4) is 0 Å². The fourth-order valence-electron chi connectivity index (χ4n) is 3.24. The third-order valence-corrected chi connectivity index (χ3v) is 4.85. The average Bonchev–Trinajstić information content (AvgIpc) is 2.82. The van der Waals surface area contributed by atoms with Crippen LogP contribution in [-0.2, 0) is 12.4 Å². The summed E-state index contributed by atoms with van der Waals surface area (Å²) in [5.41, 5.74) is -1.50. The lowest BCUT2D eigenvalue weighted by molar-refractivity contribution is -0.419. The molecule has 232 valence electrons. The zero-order valence-electron chi connectivity index (χ0n) is 20.4. The van der Waals surface area contributed by atoms with Gasteiger partial charge in [0, 0.05) is 6.07 Å².